The molecule has 5 nitrogen and oxygen atoms in total. The lowest BCUT2D eigenvalue weighted by molar-refractivity contribution is -0.127. The van der Waals surface area contributed by atoms with Gasteiger partial charge in [0, 0.05) is 13.0 Å². The molecule has 2 aromatic rings. The number of ether oxygens (including phenoxy) is 2. The molecule has 3 rings (SSSR count). The van der Waals surface area contributed by atoms with Gasteiger partial charge in [0.2, 0.25) is 0 Å². The molecule has 0 radical (unpaired) electrons. The number of fused-ring (bicyclic) bond motifs is 1. The van der Waals surface area contributed by atoms with Gasteiger partial charge >= 0.3 is 0 Å². The van der Waals surface area contributed by atoms with E-state index in [1.807, 2.05) is 50.5 Å². The Bertz CT molecular complexity index is 746. The predicted octanol–water partition coefficient (Wildman–Crippen LogP) is 2.81. The van der Waals surface area contributed by atoms with Crippen molar-refractivity contribution in [1.82, 2.24) is 10.2 Å². The van der Waals surface area contributed by atoms with Crippen molar-refractivity contribution in [3.63, 3.8) is 0 Å². The number of carbonyl (C=O) groups is 1. The minimum absolute atomic E-state index is 0.0915. The number of nitrogens with zero attached hydrogens (tertiary/aromatic N) is 1. The van der Waals surface area contributed by atoms with Crippen molar-refractivity contribution < 1.29 is 14.3 Å². The average Bonchev–Trinajstić information content (AvgIpc) is 3.10. The van der Waals surface area contributed by atoms with Crippen molar-refractivity contribution in [2.24, 2.45) is 0 Å². The highest BCUT2D eigenvalue weighted by molar-refractivity contribution is 5.80. The largest absolute Gasteiger partial charge is 0.493 e. The van der Waals surface area contributed by atoms with Crippen LogP contribution < -0.4 is 14.8 Å². The van der Waals surface area contributed by atoms with Gasteiger partial charge in [-0.25, -0.2) is 0 Å². The van der Waals surface area contributed by atoms with Crippen LogP contribution in [-0.4, -0.2) is 44.2 Å². The molecule has 0 saturated heterocycles. The van der Waals surface area contributed by atoms with Crippen LogP contribution in [-0.2, 0) is 11.2 Å². The third-order valence-electron chi connectivity index (χ3n) is 4.62. The zero-order valence-corrected chi connectivity index (χ0v) is 15.6. The molecule has 0 bridgehead atoms. The van der Waals surface area contributed by atoms with E-state index in [9.17, 15) is 4.79 Å². The van der Waals surface area contributed by atoms with Crippen molar-refractivity contribution in [3.05, 3.63) is 59.7 Å². The Hall–Kier alpha value is -2.53. The molecule has 2 aromatic carbocycles. The van der Waals surface area contributed by atoms with Gasteiger partial charge in [0.15, 0.2) is 6.10 Å². The van der Waals surface area contributed by atoms with Gasteiger partial charge in [-0.15, -0.1) is 0 Å². The topological polar surface area (TPSA) is 50.8 Å². The number of nitrogens with one attached hydrogen (secondary N) is 1. The van der Waals surface area contributed by atoms with Crippen molar-refractivity contribution in [3.8, 4) is 11.5 Å². The molecule has 0 fully saturated rings. The summed E-state index contributed by atoms with van der Waals surface area (Å²) < 4.78 is 11.3. The first-order valence-corrected chi connectivity index (χ1v) is 8.96. The number of likely N-dealkylation sites (N-methyl/N-ethyl adjacent to an activating group) is 1. The van der Waals surface area contributed by atoms with Crippen molar-refractivity contribution >= 4 is 5.91 Å². The molecule has 1 aliphatic heterocycles. The van der Waals surface area contributed by atoms with Crippen molar-refractivity contribution in [1.29, 1.82) is 0 Å². The van der Waals surface area contributed by atoms with Crippen LogP contribution in [0.15, 0.2) is 48.5 Å². The summed E-state index contributed by atoms with van der Waals surface area (Å²) in [6.45, 7) is 3.03. The summed E-state index contributed by atoms with van der Waals surface area (Å²) in [7, 11) is 4.04. The van der Waals surface area contributed by atoms with Crippen LogP contribution in [0.4, 0.5) is 0 Å². The van der Waals surface area contributed by atoms with Gasteiger partial charge in [0.25, 0.3) is 5.91 Å². The first-order valence-electron chi connectivity index (χ1n) is 8.96. The fraction of sp³-hybridized carbons (Fsp3) is 0.381. The van der Waals surface area contributed by atoms with Crippen LogP contribution >= 0.6 is 0 Å². The number of para-hydroxylation sites is 1. The van der Waals surface area contributed by atoms with Gasteiger partial charge in [-0.1, -0.05) is 30.3 Å². The molecule has 26 heavy (non-hydrogen) atoms. The molecule has 138 valence electrons. The molecule has 2 unspecified atom stereocenters. The van der Waals surface area contributed by atoms with Gasteiger partial charge in [0.05, 0.1) is 12.6 Å². The summed E-state index contributed by atoms with van der Waals surface area (Å²) in [6, 6.07) is 15.8. The van der Waals surface area contributed by atoms with E-state index >= 15 is 0 Å². The number of rotatable bonds is 7. The van der Waals surface area contributed by atoms with Crippen LogP contribution in [0.25, 0.3) is 0 Å². The quantitative estimate of drug-likeness (QED) is 0.831. The summed E-state index contributed by atoms with van der Waals surface area (Å²) >= 11 is 0. The summed E-state index contributed by atoms with van der Waals surface area (Å²) in [6.07, 6.45) is 0.395. The second-order valence-electron chi connectivity index (χ2n) is 6.76. The maximum Gasteiger partial charge on any atom is 0.260 e. The zero-order valence-electron chi connectivity index (χ0n) is 15.6. The standard InChI is InChI=1S/C21H26N2O3/c1-15(26-18-7-5-4-6-8-18)21(24)22-14-19(23(2)3)16-9-10-20-17(13-16)11-12-25-20/h4-10,13,15,19H,11-12,14H2,1-3H3,(H,22,24). The molecule has 5 heteroatoms. The molecule has 2 atom stereocenters. The molecule has 1 amide bonds. The molecule has 0 aliphatic carbocycles. The minimum Gasteiger partial charge on any atom is -0.493 e. The minimum atomic E-state index is -0.548. The van der Waals surface area contributed by atoms with E-state index in [1.165, 1.54) is 11.1 Å². The molecular formula is C21H26N2O3. The van der Waals surface area contributed by atoms with Crippen LogP contribution in [0.1, 0.15) is 24.1 Å². The van der Waals surface area contributed by atoms with E-state index in [1.54, 1.807) is 6.92 Å². The Morgan fingerprint density at radius 1 is 1.23 bits per heavy atom. The Morgan fingerprint density at radius 2 is 2.00 bits per heavy atom. The molecule has 0 aromatic heterocycles. The second-order valence-corrected chi connectivity index (χ2v) is 6.76. The SMILES string of the molecule is CC(Oc1ccccc1)C(=O)NCC(c1ccc2c(c1)CCO2)N(C)C. The molecule has 1 heterocycles. The average molecular weight is 354 g/mol. The highest BCUT2D eigenvalue weighted by Crippen LogP contribution is 2.29. The van der Waals surface area contributed by atoms with Gasteiger partial charge in [-0.05, 0) is 50.3 Å². The first-order chi connectivity index (χ1) is 12.5. The van der Waals surface area contributed by atoms with E-state index in [0.29, 0.717) is 12.3 Å². The zero-order chi connectivity index (χ0) is 18.5. The van der Waals surface area contributed by atoms with E-state index in [4.69, 9.17) is 9.47 Å². The highest BCUT2D eigenvalue weighted by Gasteiger charge is 2.21. The summed E-state index contributed by atoms with van der Waals surface area (Å²) in [4.78, 5) is 14.5. The molecule has 0 saturated carbocycles. The number of carbonyl (C=O) groups excluding carboxylic acids is 1. The maximum absolute atomic E-state index is 12.4. The van der Waals surface area contributed by atoms with Crippen LogP contribution in [0.2, 0.25) is 0 Å². The predicted molar refractivity (Wildman–Crippen MR) is 102 cm³/mol. The van der Waals surface area contributed by atoms with Crippen LogP contribution in [0.3, 0.4) is 0 Å². The summed E-state index contributed by atoms with van der Waals surface area (Å²) in [5.41, 5.74) is 2.41. The molecule has 0 spiro atoms. The van der Waals surface area contributed by atoms with Gasteiger partial charge < -0.3 is 19.7 Å². The number of benzene rings is 2. The fourth-order valence-corrected chi connectivity index (χ4v) is 3.11. The number of hydrogen-bond donors (Lipinski definition) is 1. The smallest absolute Gasteiger partial charge is 0.260 e. The second kappa shape index (κ2) is 8.23. The van der Waals surface area contributed by atoms with E-state index in [2.05, 4.69) is 22.3 Å². The first kappa shape index (κ1) is 18.3. The lowest BCUT2D eigenvalue weighted by atomic mass is 10.0. The monoisotopic (exact) mass is 354 g/mol. The molecular weight excluding hydrogens is 328 g/mol. The maximum atomic E-state index is 12.4. The third kappa shape index (κ3) is 4.35. The third-order valence-corrected chi connectivity index (χ3v) is 4.62. The number of hydrogen-bond acceptors (Lipinski definition) is 4. The van der Waals surface area contributed by atoms with Gasteiger partial charge in [-0.2, -0.15) is 0 Å². The summed E-state index contributed by atoms with van der Waals surface area (Å²) in [5, 5.41) is 3.01. The Morgan fingerprint density at radius 3 is 2.73 bits per heavy atom. The van der Waals surface area contributed by atoms with E-state index < -0.39 is 6.10 Å². The summed E-state index contributed by atoms with van der Waals surface area (Å²) in [5.74, 6) is 1.54. The highest BCUT2D eigenvalue weighted by atomic mass is 16.5. The van der Waals surface area contributed by atoms with Gasteiger partial charge in [-0.3, -0.25) is 4.79 Å². The lowest BCUT2D eigenvalue weighted by Crippen LogP contribution is -2.41. The number of amides is 1. The Kier molecular flexibility index (Phi) is 5.78. The van der Waals surface area contributed by atoms with Gasteiger partial charge in [0.1, 0.15) is 11.5 Å². The van der Waals surface area contributed by atoms with E-state index in [0.717, 1.165) is 18.8 Å². The Balaban J connectivity index is 1.61. The van der Waals surface area contributed by atoms with Crippen molar-refractivity contribution in [2.45, 2.75) is 25.5 Å². The van der Waals surface area contributed by atoms with Crippen LogP contribution in [0.5, 0.6) is 11.5 Å². The van der Waals surface area contributed by atoms with Crippen LogP contribution in [0, 0.1) is 0 Å². The van der Waals surface area contributed by atoms with Crippen molar-refractivity contribution in [2.75, 3.05) is 27.2 Å². The molecule has 1 aliphatic rings. The normalized spacial score (nSPS) is 15.1. The Labute approximate surface area is 154 Å². The lowest BCUT2D eigenvalue weighted by Gasteiger charge is -2.26. The van der Waals surface area contributed by atoms with E-state index in [-0.39, 0.29) is 11.9 Å². The fourth-order valence-electron chi connectivity index (χ4n) is 3.11. The molecule has 1 N–H and O–H groups in total.